The van der Waals surface area contributed by atoms with Gasteiger partial charge in [-0.15, -0.1) is 13.2 Å². The molecule has 0 aromatic heterocycles. The number of halogens is 3. The summed E-state index contributed by atoms with van der Waals surface area (Å²) in [4.78, 5) is 12.9. The Hall–Kier alpha value is -2.40. The number of nitrogens with one attached hydrogen (secondary N) is 1. The summed E-state index contributed by atoms with van der Waals surface area (Å²) in [6.45, 7) is 0. The molecule has 11 heteroatoms. The molecule has 0 heterocycles. The van der Waals surface area contributed by atoms with Crippen molar-refractivity contribution in [3.63, 3.8) is 0 Å². The summed E-state index contributed by atoms with van der Waals surface area (Å²) in [7, 11) is -1.22. The zero-order valence-corrected chi connectivity index (χ0v) is 15.8. The molecule has 0 atom stereocenters. The van der Waals surface area contributed by atoms with Crippen molar-refractivity contribution in [3.05, 3.63) is 48.5 Å². The number of carbonyl (C=O) groups excluding carboxylic acids is 1. The molecule has 146 valence electrons. The summed E-state index contributed by atoms with van der Waals surface area (Å²) in [6, 6.07) is 10.3. The summed E-state index contributed by atoms with van der Waals surface area (Å²) < 4.78 is 68.5. The van der Waals surface area contributed by atoms with Gasteiger partial charge in [-0.3, -0.25) is 9.52 Å². The first-order chi connectivity index (χ1) is 12.5. The molecular formula is C16H15F3N2O4S2. The van der Waals surface area contributed by atoms with Crippen molar-refractivity contribution in [2.45, 2.75) is 16.2 Å². The molecule has 1 N–H and O–H groups in total. The van der Waals surface area contributed by atoms with Crippen molar-refractivity contribution in [1.82, 2.24) is 4.90 Å². The summed E-state index contributed by atoms with van der Waals surface area (Å²) in [5.74, 6) is -0.842. The van der Waals surface area contributed by atoms with Gasteiger partial charge in [0, 0.05) is 24.7 Å². The minimum absolute atomic E-state index is 0.0911. The molecule has 0 unspecified atom stereocenters. The number of hydrogen-bond donors (Lipinski definition) is 1. The summed E-state index contributed by atoms with van der Waals surface area (Å²) in [5.41, 5.74) is 0.0911. The zero-order valence-electron chi connectivity index (χ0n) is 14.1. The lowest BCUT2D eigenvalue weighted by atomic mass is 10.3. The van der Waals surface area contributed by atoms with Gasteiger partial charge in [0.1, 0.15) is 10.6 Å². The van der Waals surface area contributed by atoms with Crippen LogP contribution in [-0.4, -0.2) is 39.0 Å². The average Bonchev–Trinajstić information content (AvgIpc) is 2.53. The number of rotatable bonds is 5. The van der Waals surface area contributed by atoms with Gasteiger partial charge in [-0.05, 0) is 42.1 Å². The Balaban J connectivity index is 2.29. The monoisotopic (exact) mass is 420 g/mol. The molecule has 0 aliphatic heterocycles. The number of anilines is 1. The lowest BCUT2D eigenvalue weighted by Crippen LogP contribution is -2.20. The number of amides is 1. The van der Waals surface area contributed by atoms with Crippen LogP contribution in [0.2, 0.25) is 0 Å². The van der Waals surface area contributed by atoms with E-state index < -0.39 is 27.0 Å². The van der Waals surface area contributed by atoms with Crippen LogP contribution in [0.25, 0.3) is 0 Å². The van der Waals surface area contributed by atoms with E-state index in [-0.39, 0.29) is 10.9 Å². The fraction of sp³-hybridized carbons (Fsp3) is 0.188. The Morgan fingerprint density at radius 2 is 1.78 bits per heavy atom. The fourth-order valence-corrected chi connectivity index (χ4v) is 3.80. The van der Waals surface area contributed by atoms with Gasteiger partial charge in [0.05, 0.1) is 0 Å². The van der Waals surface area contributed by atoms with E-state index in [0.717, 1.165) is 23.9 Å². The van der Waals surface area contributed by atoms with Crippen LogP contribution in [-0.2, 0) is 10.0 Å². The van der Waals surface area contributed by atoms with Gasteiger partial charge >= 0.3 is 6.36 Å². The zero-order chi connectivity index (χ0) is 20.2. The normalized spacial score (nSPS) is 11.7. The van der Waals surface area contributed by atoms with Crippen molar-refractivity contribution < 1.29 is 31.1 Å². The van der Waals surface area contributed by atoms with Crippen LogP contribution in [0.5, 0.6) is 5.75 Å². The number of carbonyl (C=O) groups is 1. The highest BCUT2D eigenvalue weighted by molar-refractivity contribution is 8.13. The van der Waals surface area contributed by atoms with E-state index in [9.17, 15) is 26.4 Å². The van der Waals surface area contributed by atoms with Gasteiger partial charge in [0.15, 0.2) is 0 Å². The van der Waals surface area contributed by atoms with Crippen LogP contribution in [0, 0.1) is 0 Å². The van der Waals surface area contributed by atoms with E-state index in [1.807, 2.05) is 0 Å². The van der Waals surface area contributed by atoms with Crippen LogP contribution in [0.15, 0.2) is 58.3 Å². The fourth-order valence-electron chi connectivity index (χ4n) is 1.91. The molecule has 0 aliphatic rings. The molecule has 0 saturated heterocycles. The van der Waals surface area contributed by atoms with Gasteiger partial charge in [-0.25, -0.2) is 8.42 Å². The molecule has 1 amide bonds. The second-order valence-corrected chi connectivity index (χ2v) is 8.07. The highest BCUT2D eigenvalue weighted by Gasteiger charge is 2.34. The number of para-hydroxylation sites is 1. The first-order valence-corrected chi connectivity index (χ1v) is 9.65. The van der Waals surface area contributed by atoms with Crippen molar-refractivity contribution in [2.75, 3.05) is 18.8 Å². The van der Waals surface area contributed by atoms with Crippen LogP contribution >= 0.6 is 11.8 Å². The van der Waals surface area contributed by atoms with Gasteiger partial charge in [0.2, 0.25) is 0 Å². The van der Waals surface area contributed by atoms with E-state index in [1.165, 1.54) is 35.2 Å². The molecule has 27 heavy (non-hydrogen) atoms. The summed E-state index contributed by atoms with van der Waals surface area (Å²) in [5, 5.41) is -0.265. The molecule has 6 nitrogen and oxygen atoms in total. The first kappa shape index (κ1) is 20.9. The number of benzene rings is 2. The Bertz CT molecular complexity index is 931. The second kappa shape index (κ2) is 8.09. The van der Waals surface area contributed by atoms with Gasteiger partial charge < -0.3 is 9.64 Å². The number of thioether (sulfide) groups is 1. The van der Waals surface area contributed by atoms with E-state index in [0.29, 0.717) is 4.90 Å². The maximum Gasteiger partial charge on any atom is 0.573 e. The largest absolute Gasteiger partial charge is 0.573 e. The Labute approximate surface area is 158 Å². The first-order valence-electron chi connectivity index (χ1n) is 7.35. The van der Waals surface area contributed by atoms with Crippen molar-refractivity contribution >= 4 is 32.7 Å². The molecule has 2 aromatic carbocycles. The smallest absolute Gasteiger partial charge is 0.404 e. The molecule has 0 saturated carbocycles. The van der Waals surface area contributed by atoms with Crippen molar-refractivity contribution in [3.8, 4) is 5.75 Å². The van der Waals surface area contributed by atoms with E-state index in [2.05, 4.69) is 9.46 Å². The lowest BCUT2D eigenvalue weighted by Gasteiger charge is -2.15. The SMILES string of the molecule is CN(C)C(=O)Sc1cccc(NS(=O)(=O)c2ccccc2OC(F)(F)F)c1. The topological polar surface area (TPSA) is 75.7 Å². The molecule has 0 fully saturated rings. The molecular weight excluding hydrogens is 405 g/mol. The molecule has 0 radical (unpaired) electrons. The number of alkyl halides is 3. The standard InChI is InChI=1S/C16H15F3N2O4S2/c1-21(2)15(22)26-12-7-5-6-11(10-12)20-27(23,24)14-9-4-3-8-13(14)25-16(17,18)19/h3-10,20H,1-2H3. The Morgan fingerprint density at radius 3 is 2.41 bits per heavy atom. The predicted octanol–water partition coefficient (Wildman–Crippen LogP) is 4.16. The van der Waals surface area contributed by atoms with E-state index in [4.69, 9.17) is 0 Å². The van der Waals surface area contributed by atoms with E-state index >= 15 is 0 Å². The number of sulfonamides is 1. The average molecular weight is 420 g/mol. The molecule has 0 bridgehead atoms. The molecule has 0 spiro atoms. The molecule has 2 rings (SSSR count). The molecule has 0 aliphatic carbocycles. The minimum Gasteiger partial charge on any atom is -0.404 e. The Kier molecular flexibility index (Phi) is 6.26. The highest BCUT2D eigenvalue weighted by atomic mass is 32.2. The van der Waals surface area contributed by atoms with Crippen LogP contribution in [0.3, 0.4) is 0 Å². The van der Waals surface area contributed by atoms with Gasteiger partial charge in [-0.2, -0.15) is 0 Å². The minimum atomic E-state index is -5.03. The maximum atomic E-state index is 12.5. The third-order valence-electron chi connectivity index (χ3n) is 3.02. The van der Waals surface area contributed by atoms with Crippen LogP contribution in [0.4, 0.5) is 23.7 Å². The summed E-state index contributed by atoms with van der Waals surface area (Å²) >= 11 is 0.877. The Morgan fingerprint density at radius 1 is 1.11 bits per heavy atom. The van der Waals surface area contributed by atoms with Crippen molar-refractivity contribution in [2.24, 2.45) is 0 Å². The maximum absolute atomic E-state index is 12.5. The van der Waals surface area contributed by atoms with Crippen LogP contribution in [0.1, 0.15) is 0 Å². The second-order valence-electron chi connectivity index (χ2n) is 5.39. The number of hydrogen-bond acceptors (Lipinski definition) is 5. The van der Waals surface area contributed by atoms with Gasteiger partial charge in [0.25, 0.3) is 15.3 Å². The number of nitrogens with zero attached hydrogens (tertiary/aromatic N) is 1. The van der Waals surface area contributed by atoms with Crippen LogP contribution < -0.4 is 9.46 Å². The van der Waals surface area contributed by atoms with E-state index in [1.54, 1.807) is 20.2 Å². The van der Waals surface area contributed by atoms with Gasteiger partial charge in [-0.1, -0.05) is 18.2 Å². The van der Waals surface area contributed by atoms with Crippen molar-refractivity contribution in [1.29, 1.82) is 0 Å². The quantitative estimate of drug-likeness (QED) is 0.735. The third kappa shape index (κ3) is 6.07. The molecule has 2 aromatic rings. The number of ether oxygens (including phenoxy) is 1. The highest BCUT2D eigenvalue weighted by Crippen LogP contribution is 2.31. The summed E-state index contributed by atoms with van der Waals surface area (Å²) in [6.07, 6.45) is -5.03. The predicted molar refractivity (Wildman–Crippen MR) is 95.3 cm³/mol. The third-order valence-corrected chi connectivity index (χ3v) is 5.47. The lowest BCUT2D eigenvalue weighted by molar-refractivity contribution is -0.275.